The lowest BCUT2D eigenvalue weighted by Gasteiger charge is -2.25. The largest absolute Gasteiger partial charge is 0.374 e. The van der Waals surface area contributed by atoms with Crippen molar-refractivity contribution in [3.05, 3.63) is 29.6 Å². The van der Waals surface area contributed by atoms with Crippen LogP contribution in [0.4, 0.5) is 10.1 Å². The molecule has 1 atom stereocenters. The molecule has 0 saturated carbocycles. The van der Waals surface area contributed by atoms with Crippen LogP contribution in [0.15, 0.2) is 18.2 Å². The highest BCUT2D eigenvalue weighted by Gasteiger charge is 2.21. The molecule has 1 amide bonds. The van der Waals surface area contributed by atoms with Crippen LogP contribution < -0.4 is 5.32 Å². The van der Waals surface area contributed by atoms with Crippen molar-refractivity contribution in [2.24, 2.45) is 0 Å². The van der Waals surface area contributed by atoms with Gasteiger partial charge in [-0.3, -0.25) is 4.79 Å². The SMILES string of the molecule is Cc1cc(F)ccc1NC(C)C(=O)N1CCCCCC1. The molecule has 2 rings (SSSR count). The highest BCUT2D eigenvalue weighted by molar-refractivity contribution is 5.84. The first kappa shape index (κ1) is 14.8. The maximum Gasteiger partial charge on any atom is 0.244 e. The number of nitrogens with zero attached hydrogens (tertiary/aromatic N) is 1. The Kier molecular flexibility index (Phi) is 4.99. The Labute approximate surface area is 120 Å². The van der Waals surface area contributed by atoms with Crippen LogP contribution in [0.25, 0.3) is 0 Å². The Morgan fingerprint density at radius 2 is 1.90 bits per heavy atom. The van der Waals surface area contributed by atoms with Gasteiger partial charge in [-0.15, -0.1) is 0 Å². The minimum absolute atomic E-state index is 0.135. The van der Waals surface area contributed by atoms with E-state index in [4.69, 9.17) is 0 Å². The van der Waals surface area contributed by atoms with E-state index in [2.05, 4.69) is 5.32 Å². The first-order valence-corrected chi connectivity index (χ1v) is 7.39. The number of amides is 1. The van der Waals surface area contributed by atoms with Crippen LogP contribution in [0.3, 0.4) is 0 Å². The van der Waals surface area contributed by atoms with Crippen molar-refractivity contribution in [1.82, 2.24) is 4.90 Å². The van der Waals surface area contributed by atoms with Gasteiger partial charge in [0.1, 0.15) is 11.9 Å². The lowest BCUT2D eigenvalue weighted by molar-refractivity contribution is -0.131. The second-order valence-electron chi connectivity index (χ2n) is 5.56. The fourth-order valence-electron chi connectivity index (χ4n) is 2.65. The number of halogens is 1. The average Bonchev–Trinajstić information content (AvgIpc) is 2.70. The van der Waals surface area contributed by atoms with E-state index >= 15 is 0 Å². The Balaban J connectivity index is 1.99. The molecule has 3 nitrogen and oxygen atoms in total. The molecule has 1 unspecified atom stereocenters. The summed E-state index contributed by atoms with van der Waals surface area (Å²) < 4.78 is 13.1. The third-order valence-electron chi connectivity index (χ3n) is 3.85. The maximum absolute atomic E-state index is 13.1. The second kappa shape index (κ2) is 6.73. The second-order valence-corrected chi connectivity index (χ2v) is 5.56. The zero-order valence-corrected chi connectivity index (χ0v) is 12.3. The third kappa shape index (κ3) is 3.71. The number of aryl methyl sites for hydroxylation is 1. The molecular weight excluding hydrogens is 255 g/mol. The van der Waals surface area contributed by atoms with Crippen LogP contribution in [0.5, 0.6) is 0 Å². The molecule has 0 radical (unpaired) electrons. The predicted molar refractivity (Wildman–Crippen MR) is 79.3 cm³/mol. The molecule has 1 N–H and O–H groups in total. The fraction of sp³-hybridized carbons (Fsp3) is 0.562. The Morgan fingerprint density at radius 1 is 1.25 bits per heavy atom. The molecule has 1 aliphatic rings. The van der Waals surface area contributed by atoms with Crippen molar-refractivity contribution in [3.8, 4) is 0 Å². The molecule has 4 heteroatoms. The average molecular weight is 278 g/mol. The Hall–Kier alpha value is -1.58. The van der Waals surface area contributed by atoms with E-state index in [1.807, 2.05) is 18.7 Å². The van der Waals surface area contributed by atoms with Gasteiger partial charge < -0.3 is 10.2 Å². The van der Waals surface area contributed by atoms with Crippen molar-refractivity contribution < 1.29 is 9.18 Å². The molecule has 1 aromatic carbocycles. The van der Waals surface area contributed by atoms with Gasteiger partial charge in [0.15, 0.2) is 0 Å². The normalized spacial score (nSPS) is 17.4. The van der Waals surface area contributed by atoms with Crippen LogP contribution in [0.1, 0.15) is 38.2 Å². The number of carbonyl (C=O) groups is 1. The van der Waals surface area contributed by atoms with Crippen molar-refractivity contribution in [3.63, 3.8) is 0 Å². The number of rotatable bonds is 3. The quantitative estimate of drug-likeness (QED) is 0.919. The third-order valence-corrected chi connectivity index (χ3v) is 3.85. The molecular formula is C16H23FN2O. The number of anilines is 1. The zero-order valence-electron chi connectivity index (χ0n) is 12.3. The number of likely N-dealkylation sites (tertiary alicyclic amines) is 1. The van der Waals surface area contributed by atoms with Crippen LogP contribution in [0.2, 0.25) is 0 Å². The van der Waals surface area contributed by atoms with Crippen LogP contribution >= 0.6 is 0 Å². The minimum Gasteiger partial charge on any atom is -0.374 e. The van der Waals surface area contributed by atoms with Gasteiger partial charge in [-0.1, -0.05) is 12.8 Å². The molecule has 0 bridgehead atoms. The lowest BCUT2D eigenvalue weighted by atomic mass is 10.1. The molecule has 1 saturated heterocycles. The first-order valence-electron chi connectivity index (χ1n) is 7.39. The van der Waals surface area contributed by atoms with E-state index < -0.39 is 0 Å². The van der Waals surface area contributed by atoms with Gasteiger partial charge in [0.2, 0.25) is 5.91 Å². The summed E-state index contributed by atoms with van der Waals surface area (Å²) in [7, 11) is 0. The summed E-state index contributed by atoms with van der Waals surface area (Å²) in [5.74, 6) is -0.116. The van der Waals surface area contributed by atoms with Gasteiger partial charge in [0.25, 0.3) is 0 Å². The lowest BCUT2D eigenvalue weighted by Crippen LogP contribution is -2.41. The molecule has 1 aromatic rings. The molecule has 0 aromatic heterocycles. The van der Waals surface area contributed by atoms with Gasteiger partial charge in [-0.2, -0.15) is 0 Å². The van der Waals surface area contributed by atoms with Crippen molar-refractivity contribution in [2.75, 3.05) is 18.4 Å². The van der Waals surface area contributed by atoms with E-state index in [9.17, 15) is 9.18 Å². The summed E-state index contributed by atoms with van der Waals surface area (Å²) in [6.07, 6.45) is 4.60. The standard InChI is InChI=1S/C16H23FN2O/c1-12-11-14(17)7-8-15(12)18-13(2)16(20)19-9-5-3-4-6-10-19/h7-8,11,13,18H,3-6,9-10H2,1-2H3. The van der Waals surface area contributed by atoms with Gasteiger partial charge in [-0.25, -0.2) is 4.39 Å². The highest BCUT2D eigenvalue weighted by atomic mass is 19.1. The monoisotopic (exact) mass is 278 g/mol. The number of nitrogens with one attached hydrogen (secondary N) is 1. The first-order chi connectivity index (χ1) is 9.58. The van der Waals surface area contributed by atoms with Gasteiger partial charge in [-0.05, 0) is 50.5 Å². The number of carbonyl (C=O) groups excluding carboxylic acids is 1. The Morgan fingerprint density at radius 3 is 2.50 bits per heavy atom. The topological polar surface area (TPSA) is 32.3 Å². The van der Waals surface area contributed by atoms with Gasteiger partial charge in [0, 0.05) is 18.8 Å². The van der Waals surface area contributed by atoms with Gasteiger partial charge >= 0.3 is 0 Å². The predicted octanol–water partition coefficient (Wildman–Crippen LogP) is 3.34. The van der Waals surface area contributed by atoms with Crippen LogP contribution in [-0.4, -0.2) is 29.9 Å². The van der Waals surface area contributed by atoms with E-state index in [0.717, 1.165) is 37.2 Å². The van der Waals surface area contributed by atoms with E-state index in [0.29, 0.717) is 0 Å². The summed E-state index contributed by atoms with van der Waals surface area (Å²) in [6, 6.07) is 4.30. The summed E-state index contributed by atoms with van der Waals surface area (Å²) in [4.78, 5) is 14.4. The highest BCUT2D eigenvalue weighted by Crippen LogP contribution is 2.18. The van der Waals surface area contributed by atoms with Gasteiger partial charge in [0.05, 0.1) is 0 Å². The summed E-state index contributed by atoms with van der Waals surface area (Å²) >= 11 is 0. The molecule has 1 aliphatic heterocycles. The van der Waals surface area contributed by atoms with E-state index in [1.54, 1.807) is 6.07 Å². The van der Waals surface area contributed by atoms with E-state index in [-0.39, 0.29) is 17.8 Å². The maximum atomic E-state index is 13.1. The molecule has 110 valence electrons. The van der Waals surface area contributed by atoms with Crippen molar-refractivity contribution in [1.29, 1.82) is 0 Å². The molecule has 20 heavy (non-hydrogen) atoms. The molecule has 0 aliphatic carbocycles. The minimum atomic E-state index is -0.280. The van der Waals surface area contributed by atoms with Crippen molar-refractivity contribution in [2.45, 2.75) is 45.6 Å². The number of hydrogen-bond donors (Lipinski definition) is 1. The summed E-state index contributed by atoms with van der Waals surface area (Å²) in [5, 5.41) is 3.20. The van der Waals surface area contributed by atoms with Crippen molar-refractivity contribution >= 4 is 11.6 Å². The molecule has 1 heterocycles. The summed E-state index contributed by atoms with van der Waals surface area (Å²) in [5.41, 5.74) is 1.64. The summed E-state index contributed by atoms with van der Waals surface area (Å²) in [6.45, 7) is 5.42. The molecule has 0 spiro atoms. The molecule has 1 fully saturated rings. The smallest absolute Gasteiger partial charge is 0.244 e. The van der Waals surface area contributed by atoms with Crippen LogP contribution in [0, 0.1) is 12.7 Å². The Bertz CT molecular complexity index is 468. The van der Waals surface area contributed by atoms with E-state index in [1.165, 1.54) is 25.0 Å². The van der Waals surface area contributed by atoms with Crippen LogP contribution in [-0.2, 0) is 4.79 Å². The number of benzene rings is 1. The fourth-order valence-corrected chi connectivity index (χ4v) is 2.65. The zero-order chi connectivity index (χ0) is 14.5. The number of hydrogen-bond acceptors (Lipinski definition) is 2.